The highest BCUT2D eigenvalue weighted by Crippen LogP contribution is 2.23. The molecule has 2 rings (SSSR count). The molecule has 1 aromatic carbocycles. The molecule has 0 unspecified atom stereocenters. The van der Waals surface area contributed by atoms with Crippen molar-refractivity contribution < 1.29 is 8.42 Å². The Morgan fingerprint density at radius 3 is 2.17 bits per heavy atom. The third kappa shape index (κ3) is 5.15. The summed E-state index contributed by atoms with van der Waals surface area (Å²) in [7, 11) is -3.25. The fourth-order valence-corrected chi connectivity index (χ4v) is 3.42. The molecule has 124 valence electrons. The summed E-state index contributed by atoms with van der Waals surface area (Å²) in [5.74, 6) is 0.0902. The lowest BCUT2D eigenvalue weighted by Gasteiger charge is -2.19. The topological polar surface area (TPSA) is 59.1 Å². The van der Waals surface area contributed by atoms with Gasteiger partial charge in [0.15, 0.2) is 9.84 Å². The van der Waals surface area contributed by atoms with Gasteiger partial charge in [-0.2, -0.15) is 0 Å². The highest BCUT2D eigenvalue weighted by Gasteiger charge is 2.17. The van der Waals surface area contributed by atoms with Crippen LogP contribution in [0.15, 0.2) is 53.7 Å². The minimum absolute atomic E-state index is 0.0222. The number of benzene rings is 1. The molecule has 23 heavy (non-hydrogen) atoms. The van der Waals surface area contributed by atoms with Crippen LogP contribution in [0.25, 0.3) is 0 Å². The van der Waals surface area contributed by atoms with E-state index in [4.69, 9.17) is 0 Å². The van der Waals surface area contributed by atoms with E-state index in [-0.39, 0.29) is 11.2 Å². The molecule has 0 saturated carbocycles. The van der Waals surface area contributed by atoms with Gasteiger partial charge in [-0.3, -0.25) is 4.98 Å². The highest BCUT2D eigenvalue weighted by molar-refractivity contribution is 7.91. The number of sulfone groups is 1. The van der Waals surface area contributed by atoms with E-state index in [9.17, 15) is 8.42 Å². The smallest absolute Gasteiger partial charge is 0.179 e. The van der Waals surface area contributed by atoms with Crippen LogP contribution in [0, 0.1) is 0 Å². The molecular weight excluding hydrogens is 308 g/mol. The normalized spacial score (nSPS) is 12.3. The average Bonchev–Trinajstić information content (AvgIpc) is 2.52. The van der Waals surface area contributed by atoms with Crippen LogP contribution in [0.3, 0.4) is 0 Å². The van der Waals surface area contributed by atoms with Crippen LogP contribution in [0.5, 0.6) is 0 Å². The van der Waals surface area contributed by atoms with Crippen LogP contribution < -0.4 is 5.32 Å². The summed E-state index contributed by atoms with van der Waals surface area (Å²) in [6.45, 7) is 7.39. The van der Waals surface area contributed by atoms with Crippen LogP contribution in [-0.2, 0) is 21.8 Å². The molecule has 0 aliphatic heterocycles. The van der Waals surface area contributed by atoms with Crippen LogP contribution in [0.2, 0.25) is 0 Å². The summed E-state index contributed by atoms with van der Waals surface area (Å²) in [4.78, 5) is 4.34. The number of rotatable bonds is 6. The average molecular weight is 332 g/mol. The third-order valence-corrected chi connectivity index (χ3v) is 5.44. The minimum atomic E-state index is -3.25. The van der Waals surface area contributed by atoms with Crippen LogP contribution in [0.4, 0.5) is 0 Å². The number of nitrogens with one attached hydrogen (secondary N) is 1. The quantitative estimate of drug-likeness (QED) is 0.826. The van der Waals surface area contributed by atoms with Gasteiger partial charge in [0.25, 0.3) is 0 Å². The molecule has 0 saturated heterocycles. The Bertz CT molecular complexity index is 718. The number of pyridine rings is 1. The summed E-state index contributed by atoms with van der Waals surface area (Å²) >= 11 is 0. The first-order valence-electron chi connectivity index (χ1n) is 7.72. The monoisotopic (exact) mass is 332 g/mol. The van der Waals surface area contributed by atoms with Gasteiger partial charge in [0.2, 0.25) is 0 Å². The second-order valence-electron chi connectivity index (χ2n) is 6.63. The van der Waals surface area contributed by atoms with Crippen molar-refractivity contribution in [2.24, 2.45) is 0 Å². The molecule has 0 spiro atoms. The zero-order chi connectivity index (χ0) is 16.9. The highest BCUT2D eigenvalue weighted by atomic mass is 32.2. The number of nitrogens with zero attached hydrogens (tertiary/aromatic N) is 1. The number of hydrogen-bond donors (Lipinski definition) is 1. The van der Waals surface area contributed by atoms with E-state index in [0.717, 1.165) is 11.1 Å². The van der Waals surface area contributed by atoms with E-state index in [1.165, 1.54) is 0 Å². The first-order valence-corrected chi connectivity index (χ1v) is 9.37. The summed E-state index contributed by atoms with van der Waals surface area (Å²) < 4.78 is 24.7. The Balaban J connectivity index is 1.91. The van der Waals surface area contributed by atoms with Crippen molar-refractivity contribution in [3.8, 4) is 0 Å². The number of hydrogen-bond acceptors (Lipinski definition) is 4. The van der Waals surface area contributed by atoms with Crippen LogP contribution in [0.1, 0.15) is 31.9 Å². The molecule has 0 fully saturated rings. The Morgan fingerprint density at radius 1 is 1.00 bits per heavy atom. The zero-order valence-corrected chi connectivity index (χ0v) is 14.7. The van der Waals surface area contributed by atoms with Gasteiger partial charge in [-0.1, -0.05) is 32.9 Å². The minimum Gasteiger partial charge on any atom is -0.312 e. The lowest BCUT2D eigenvalue weighted by molar-refractivity contribution is 0.584. The van der Waals surface area contributed by atoms with Crippen molar-refractivity contribution in [3.05, 3.63) is 59.9 Å². The maximum atomic E-state index is 12.4. The second-order valence-corrected chi connectivity index (χ2v) is 8.73. The maximum Gasteiger partial charge on any atom is 0.179 e. The predicted octanol–water partition coefficient (Wildman–Crippen LogP) is 2.94. The molecule has 1 heterocycles. The molecule has 0 aliphatic carbocycles. The fraction of sp³-hybridized carbons (Fsp3) is 0.389. The van der Waals surface area contributed by atoms with E-state index < -0.39 is 9.84 Å². The molecule has 0 atom stereocenters. The van der Waals surface area contributed by atoms with Gasteiger partial charge in [-0.05, 0) is 40.8 Å². The number of aromatic nitrogens is 1. The molecule has 1 aromatic heterocycles. The summed E-state index contributed by atoms with van der Waals surface area (Å²) in [6, 6.07) is 11.0. The molecule has 0 radical (unpaired) electrons. The molecule has 4 nitrogen and oxygen atoms in total. The summed E-state index contributed by atoms with van der Waals surface area (Å²) in [6.07, 6.45) is 3.45. The van der Waals surface area contributed by atoms with Crippen molar-refractivity contribution in [1.82, 2.24) is 10.3 Å². The lowest BCUT2D eigenvalue weighted by atomic mass is 9.87. The van der Waals surface area contributed by atoms with Crippen LogP contribution in [-0.4, -0.2) is 25.7 Å². The van der Waals surface area contributed by atoms with E-state index >= 15 is 0 Å². The molecule has 0 amide bonds. The van der Waals surface area contributed by atoms with Crippen LogP contribution >= 0.6 is 0 Å². The van der Waals surface area contributed by atoms with Crippen molar-refractivity contribution >= 4 is 9.84 Å². The Labute approximate surface area is 138 Å². The molecule has 1 N–H and O–H groups in total. The van der Waals surface area contributed by atoms with Gasteiger partial charge in [0, 0.05) is 25.5 Å². The Kier molecular flexibility index (Phi) is 5.55. The van der Waals surface area contributed by atoms with Crippen molar-refractivity contribution in [2.45, 2.75) is 37.6 Å². The molecule has 0 bridgehead atoms. The van der Waals surface area contributed by atoms with Gasteiger partial charge in [0.1, 0.15) is 0 Å². The van der Waals surface area contributed by atoms with E-state index in [1.54, 1.807) is 24.5 Å². The largest absolute Gasteiger partial charge is 0.312 e. The zero-order valence-electron chi connectivity index (χ0n) is 13.9. The van der Waals surface area contributed by atoms with E-state index in [2.05, 4.69) is 31.1 Å². The lowest BCUT2D eigenvalue weighted by Crippen LogP contribution is -2.23. The first-order chi connectivity index (χ1) is 10.8. The summed E-state index contributed by atoms with van der Waals surface area (Å²) in [5.41, 5.74) is 2.24. The van der Waals surface area contributed by atoms with Gasteiger partial charge in [-0.25, -0.2) is 8.42 Å². The third-order valence-electron chi connectivity index (χ3n) is 3.71. The molecule has 0 aliphatic rings. The molecule has 2 aromatic rings. The van der Waals surface area contributed by atoms with E-state index in [1.807, 2.05) is 24.3 Å². The van der Waals surface area contributed by atoms with Crippen molar-refractivity contribution in [2.75, 3.05) is 12.3 Å². The second kappa shape index (κ2) is 7.23. The first kappa shape index (κ1) is 17.6. The SMILES string of the molecule is CC(C)(C)c1ccc(S(=O)(=O)CCNCc2ccncc2)cc1. The molecular formula is C18H24N2O2S. The van der Waals surface area contributed by atoms with Gasteiger partial charge < -0.3 is 5.32 Å². The fourth-order valence-electron chi connectivity index (χ4n) is 2.22. The molecule has 5 heteroatoms. The Morgan fingerprint density at radius 2 is 1.61 bits per heavy atom. The summed E-state index contributed by atoms with van der Waals surface area (Å²) in [5, 5.41) is 3.16. The predicted molar refractivity (Wildman–Crippen MR) is 93.1 cm³/mol. The van der Waals surface area contributed by atoms with Crippen molar-refractivity contribution in [3.63, 3.8) is 0 Å². The van der Waals surface area contributed by atoms with Gasteiger partial charge >= 0.3 is 0 Å². The van der Waals surface area contributed by atoms with E-state index in [0.29, 0.717) is 18.0 Å². The standard InChI is InChI=1S/C18H24N2O2S/c1-18(2,3)16-4-6-17(7-5-16)23(21,22)13-12-20-14-15-8-10-19-11-9-15/h4-11,20H,12-14H2,1-3H3. The van der Waals surface area contributed by atoms with Gasteiger partial charge in [0.05, 0.1) is 10.6 Å². The maximum absolute atomic E-state index is 12.4. The van der Waals surface area contributed by atoms with Crippen molar-refractivity contribution in [1.29, 1.82) is 0 Å². The van der Waals surface area contributed by atoms with Gasteiger partial charge in [-0.15, -0.1) is 0 Å². The Hall–Kier alpha value is -1.72.